The molecule has 0 unspecified atom stereocenters. The lowest BCUT2D eigenvalue weighted by Gasteiger charge is -2.16. The number of sulfonamides is 1. The average Bonchev–Trinajstić information content (AvgIpc) is 3.04. The van der Waals surface area contributed by atoms with Crippen LogP contribution in [0.3, 0.4) is 0 Å². The van der Waals surface area contributed by atoms with Crippen LogP contribution in [-0.2, 0) is 10.0 Å². The summed E-state index contributed by atoms with van der Waals surface area (Å²) in [5, 5.41) is 0. The molecule has 6 heteroatoms. The summed E-state index contributed by atoms with van der Waals surface area (Å²) < 4.78 is 26.3. The summed E-state index contributed by atoms with van der Waals surface area (Å²) in [7, 11) is -1.74. The number of rotatable bonds is 3. The Labute approximate surface area is 104 Å². The van der Waals surface area contributed by atoms with Crippen LogP contribution in [0.2, 0.25) is 0 Å². The second kappa shape index (κ2) is 4.01. The van der Waals surface area contributed by atoms with Crippen LogP contribution in [-0.4, -0.2) is 25.8 Å². The molecule has 4 nitrogen and oxygen atoms in total. The quantitative estimate of drug-likeness (QED) is 0.866. The van der Waals surface area contributed by atoms with Crippen LogP contribution >= 0.6 is 15.9 Å². The molecule has 1 fully saturated rings. The molecule has 2 rings (SSSR count). The van der Waals surface area contributed by atoms with Gasteiger partial charge in [0.05, 0.1) is 4.90 Å². The second-order valence-electron chi connectivity index (χ2n) is 3.94. The van der Waals surface area contributed by atoms with Gasteiger partial charge in [0.2, 0.25) is 10.0 Å². The summed E-state index contributed by atoms with van der Waals surface area (Å²) in [4.78, 5) is 0.281. The summed E-state index contributed by atoms with van der Waals surface area (Å²) in [5.74, 6) is 0. The van der Waals surface area contributed by atoms with Crippen LogP contribution in [0.25, 0.3) is 0 Å². The van der Waals surface area contributed by atoms with E-state index >= 15 is 0 Å². The van der Waals surface area contributed by atoms with E-state index in [-0.39, 0.29) is 10.9 Å². The summed E-state index contributed by atoms with van der Waals surface area (Å²) in [6, 6.07) is 4.84. The van der Waals surface area contributed by atoms with Gasteiger partial charge in [0.15, 0.2) is 0 Å². The van der Waals surface area contributed by atoms with Crippen molar-refractivity contribution in [2.45, 2.75) is 23.8 Å². The fraction of sp³-hybridized carbons (Fsp3) is 0.400. The van der Waals surface area contributed by atoms with E-state index in [0.717, 1.165) is 12.8 Å². The lowest BCUT2D eigenvalue weighted by atomic mass is 10.3. The number of benzene rings is 1. The van der Waals surface area contributed by atoms with E-state index in [4.69, 9.17) is 5.73 Å². The number of anilines is 1. The zero-order valence-corrected chi connectivity index (χ0v) is 11.3. The molecule has 0 heterocycles. The molecule has 0 spiro atoms. The first-order valence-electron chi connectivity index (χ1n) is 4.96. The van der Waals surface area contributed by atoms with Crippen molar-refractivity contribution in [3.63, 3.8) is 0 Å². The van der Waals surface area contributed by atoms with Gasteiger partial charge in [-0.2, -0.15) is 4.31 Å². The van der Waals surface area contributed by atoms with E-state index < -0.39 is 10.0 Å². The van der Waals surface area contributed by atoms with E-state index in [0.29, 0.717) is 10.2 Å². The van der Waals surface area contributed by atoms with E-state index in [1.807, 2.05) is 0 Å². The molecule has 88 valence electrons. The van der Waals surface area contributed by atoms with Gasteiger partial charge < -0.3 is 5.73 Å². The molecule has 1 aromatic carbocycles. The fourth-order valence-electron chi connectivity index (χ4n) is 1.47. The van der Waals surface area contributed by atoms with Crippen LogP contribution in [0.15, 0.2) is 27.6 Å². The molecule has 2 N–H and O–H groups in total. The maximum atomic E-state index is 12.1. The second-order valence-corrected chi connectivity index (χ2v) is 6.79. The molecule has 0 atom stereocenters. The lowest BCUT2D eigenvalue weighted by molar-refractivity contribution is 0.464. The molecule has 1 aliphatic carbocycles. The Balaban J connectivity index is 2.38. The summed E-state index contributed by atoms with van der Waals surface area (Å²) in [6.07, 6.45) is 1.90. The third kappa shape index (κ3) is 2.09. The molecule has 0 aliphatic heterocycles. The average molecular weight is 305 g/mol. The first kappa shape index (κ1) is 11.9. The minimum atomic E-state index is -3.37. The predicted octanol–water partition coefficient (Wildman–Crippen LogP) is 1.81. The number of nitrogens with zero attached hydrogens (tertiary/aromatic N) is 1. The number of nitrogens with two attached hydrogens (primary N) is 1. The Morgan fingerprint density at radius 1 is 1.44 bits per heavy atom. The molecular weight excluding hydrogens is 292 g/mol. The third-order valence-electron chi connectivity index (χ3n) is 2.71. The Bertz CT molecular complexity index is 512. The molecule has 0 radical (unpaired) electrons. The van der Waals surface area contributed by atoms with Crippen molar-refractivity contribution in [2.75, 3.05) is 12.8 Å². The van der Waals surface area contributed by atoms with Crippen LogP contribution in [0.4, 0.5) is 5.69 Å². The summed E-state index contributed by atoms with van der Waals surface area (Å²) >= 11 is 3.23. The van der Waals surface area contributed by atoms with Gasteiger partial charge in [-0.1, -0.05) is 0 Å². The topological polar surface area (TPSA) is 63.4 Å². The van der Waals surface area contributed by atoms with Gasteiger partial charge in [-0.3, -0.25) is 0 Å². The maximum Gasteiger partial charge on any atom is 0.243 e. The van der Waals surface area contributed by atoms with Crippen molar-refractivity contribution in [3.05, 3.63) is 22.7 Å². The smallest absolute Gasteiger partial charge is 0.243 e. The highest BCUT2D eigenvalue weighted by Gasteiger charge is 2.35. The van der Waals surface area contributed by atoms with Crippen LogP contribution in [0.5, 0.6) is 0 Å². The van der Waals surface area contributed by atoms with Gasteiger partial charge in [0.1, 0.15) is 0 Å². The van der Waals surface area contributed by atoms with Gasteiger partial charge in [-0.15, -0.1) is 0 Å². The van der Waals surface area contributed by atoms with E-state index in [2.05, 4.69) is 15.9 Å². The highest BCUT2D eigenvalue weighted by molar-refractivity contribution is 9.10. The first-order valence-corrected chi connectivity index (χ1v) is 7.19. The molecule has 1 saturated carbocycles. The molecule has 0 aromatic heterocycles. The molecule has 16 heavy (non-hydrogen) atoms. The molecule has 0 amide bonds. The highest BCUT2D eigenvalue weighted by Crippen LogP contribution is 2.32. The molecular formula is C10H13BrN2O2S. The molecule has 0 saturated heterocycles. The molecule has 1 aliphatic rings. The van der Waals surface area contributed by atoms with Gasteiger partial charge in [0.25, 0.3) is 0 Å². The van der Waals surface area contributed by atoms with Crippen molar-refractivity contribution in [3.8, 4) is 0 Å². The predicted molar refractivity (Wildman–Crippen MR) is 66.5 cm³/mol. The van der Waals surface area contributed by atoms with Gasteiger partial charge in [-0.25, -0.2) is 8.42 Å². The molecule has 0 bridgehead atoms. The monoisotopic (exact) mass is 304 g/mol. The minimum Gasteiger partial charge on any atom is -0.398 e. The first-order chi connectivity index (χ1) is 7.43. The summed E-state index contributed by atoms with van der Waals surface area (Å²) in [5.41, 5.74) is 6.16. The van der Waals surface area contributed by atoms with Crippen molar-refractivity contribution >= 4 is 31.6 Å². The largest absolute Gasteiger partial charge is 0.398 e. The zero-order chi connectivity index (χ0) is 11.9. The Hall–Kier alpha value is -0.590. The zero-order valence-electron chi connectivity index (χ0n) is 8.85. The van der Waals surface area contributed by atoms with Gasteiger partial charge >= 0.3 is 0 Å². The maximum absolute atomic E-state index is 12.1. The fourth-order valence-corrected chi connectivity index (χ4v) is 3.44. The number of hydrogen-bond donors (Lipinski definition) is 1. The highest BCUT2D eigenvalue weighted by atomic mass is 79.9. The third-order valence-corrected chi connectivity index (χ3v) is 5.30. The van der Waals surface area contributed by atoms with Gasteiger partial charge in [0, 0.05) is 23.2 Å². The van der Waals surface area contributed by atoms with Crippen LogP contribution < -0.4 is 5.73 Å². The number of halogens is 1. The summed E-state index contributed by atoms with van der Waals surface area (Å²) in [6.45, 7) is 0. The van der Waals surface area contributed by atoms with Crippen LogP contribution in [0, 0.1) is 0 Å². The van der Waals surface area contributed by atoms with Crippen molar-refractivity contribution < 1.29 is 8.42 Å². The Morgan fingerprint density at radius 2 is 2.06 bits per heavy atom. The SMILES string of the molecule is CN(C1CC1)S(=O)(=O)c1ccc(N)c(Br)c1. The molecule has 1 aromatic rings. The Morgan fingerprint density at radius 3 is 2.56 bits per heavy atom. The van der Waals surface area contributed by atoms with Crippen molar-refractivity contribution in [2.24, 2.45) is 0 Å². The minimum absolute atomic E-state index is 0.168. The number of nitrogen functional groups attached to an aromatic ring is 1. The Kier molecular flexibility index (Phi) is 2.98. The van der Waals surface area contributed by atoms with Crippen molar-refractivity contribution in [1.29, 1.82) is 0 Å². The van der Waals surface area contributed by atoms with E-state index in [1.165, 1.54) is 10.4 Å². The van der Waals surface area contributed by atoms with Crippen molar-refractivity contribution in [1.82, 2.24) is 4.31 Å². The normalized spacial score (nSPS) is 16.7. The van der Waals surface area contributed by atoms with E-state index in [9.17, 15) is 8.42 Å². The van der Waals surface area contributed by atoms with E-state index in [1.54, 1.807) is 19.2 Å². The van der Waals surface area contributed by atoms with Gasteiger partial charge in [-0.05, 0) is 47.0 Å². The number of hydrogen-bond acceptors (Lipinski definition) is 3. The lowest BCUT2D eigenvalue weighted by Crippen LogP contribution is -2.28. The van der Waals surface area contributed by atoms with Crippen LogP contribution in [0.1, 0.15) is 12.8 Å². The standard InChI is InChI=1S/C10H13BrN2O2S/c1-13(7-2-3-7)16(14,15)8-4-5-10(12)9(11)6-8/h4-7H,2-3,12H2,1H3.